The maximum absolute atomic E-state index is 12.1. The second kappa shape index (κ2) is 9.86. The fraction of sp³-hybridized carbons (Fsp3) is 0.316. The summed E-state index contributed by atoms with van der Waals surface area (Å²) in [5.74, 6) is 0. The zero-order valence-corrected chi connectivity index (χ0v) is 22.7. The van der Waals surface area contributed by atoms with Crippen LogP contribution in [0.15, 0.2) is 41.5 Å². The SMILES string of the molecule is C[C@@]1(O)[C@H](O)[C@@H](COP(=O)(O)OP(=O)(O)OP(=O)(O)O)O[C@H]1n1cc2ccc3c4ccc(=O)[nH]c4ncc(n1)c23. The first-order valence-corrected chi connectivity index (χ1v) is 15.6. The zero-order chi connectivity index (χ0) is 29.3. The number of hydrogen-bond donors (Lipinski definition) is 7. The number of nitrogens with one attached hydrogen (secondary N) is 1. The zero-order valence-electron chi connectivity index (χ0n) is 20.0. The lowest BCUT2D eigenvalue weighted by Crippen LogP contribution is -2.44. The van der Waals surface area contributed by atoms with Crippen molar-refractivity contribution in [3.63, 3.8) is 0 Å². The van der Waals surface area contributed by atoms with Crippen molar-refractivity contribution in [1.82, 2.24) is 19.7 Å². The molecule has 1 fully saturated rings. The second-order valence-corrected chi connectivity index (χ2v) is 13.4. The maximum Gasteiger partial charge on any atom is 0.490 e. The number of pyridine rings is 1. The lowest BCUT2D eigenvalue weighted by molar-refractivity contribution is -0.102. The average molecular weight is 622 g/mol. The number of hydrogen-bond acceptors (Lipinski definition) is 12. The highest BCUT2D eigenvalue weighted by molar-refractivity contribution is 7.66. The highest BCUT2D eigenvalue weighted by atomic mass is 31.3. The van der Waals surface area contributed by atoms with Crippen molar-refractivity contribution in [3.05, 3.63) is 47.0 Å². The first-order chi connectivity index (χ1) is 18.5. The van der Waals surface area contributed by atoms with E-state index in [1.165, 1.54) is 30.1 Å². The van der Waals surface area contributed by atoms with Crippen LogP contribution in [0.4, 0.5) is 0 Å². The molecule has 0 bridgehead atoms. The molecule has 0 saturated carbocycles. The third-order valence-electron chi connectivity index (χ3n) is 6.06. The number of aromatic nitrogens is 4. The highest BCUT2D eigenvalue weighted by Gasteiger charge is 2.54. The molecule has 4 heterocycles. The van der Waals surface area contributed by atoms with E-state index in [0.717, 1.165) is 5.39 Å². The van der Waals surface area contributed by atoms with Crippen LogP contribution in [0.25, 0.3) is 32.7 Å². The minimum absolute atomic E-state index is 0.315. The van der Waals surface area contributed by atoms with E-state index in [1.807, 2.05) is 0 Å². The molecule has 216 valence electrons. The van der Waals surface area contributed by atoms with Crippen molar-refractivity contribution in [2.45, 2.75) is 31.0 Å². The summed E-state index contributed by atoms with van der Waals surface area (Å²) in [6, 6.07) is 6.54. The monoisotopic (exact) mass is 622 g/mol. The molecule has 3 aromatic heterocycles. The van der Waals surface area contributed by atoms with Crippen LogP contribution in [-0.2, 0) is 31.6 Å². The molecule has 7 N–H and O–H groups in total. The van der Waals surface area contributed by atoms with E-state index in [-0.39, 0.29) is 5.56 Å². The van der Waals surface area contributed by atoms with Crippen LogP contribution in [0.5, 0.6) is 0 Å². The Labute approximate surface area is 222 Å². The Morgan fingerprint density at radius 2 is 1.77 bits per heavy atom. The lowest BCUT2D eigenvalue weighted by atomic mass is 9.97. The Balaban J connectivity index is 1.42. The summed E-state index contributed by atoms with van der Waals surface area (Å²) in [7, 11) is -16.8. The largest absolute Gasteiger partial charge is 0.490 e. The molecular weight excluding hydrogens is 601 g/mol. The Bertz CT molecular complexity index is 1830. The third-order valence-corrected chi connectivity index (χ3v) is 9.86. The highest BCUT2D eigenvalue weighted by Crippen LogP contribution is 2.66. The van der Waals surface area contributed by atoms with Gasteiger partial charge in [0.1, 0.15) is 29.0 Å². The van der Waals surface area contributed by atoms with E-state index in [1.54, 1.807) is 18.2 Å². The van der Waals surface area contributed by atoms with E-state index >= 15 is 0 Å². The topological polar surface area (TPSA) is 273 Å². The fourth-order valence-electron chi connectivity index (χ4n) is 4.41. The summed E-state index contributed by atoms with van der Waals surface area (Å²) in [4.78, 5) is 54.9. The van der Waals surface area contributed by atoms with Crippen LogP contribution < -0.4 is 5.56 Å². The van der Waals surface area contributed by atoms with E-state index < -0.39 is 54.1 Å². The van der Waals surface area contributed by atoms with Crippen LogP contribution in [-0.4, -0.2) is 74.0 Å². The Hall–Kier alpha value is -2.40. The molecule has 1 aliphatic heterocycles. The van der Waals surface area contributed by atoms with Crippen LogP contribution in [0.1, 0.15) is 13.2 Å². The molecule has 0 aliphatic carbocycles. The molecule has 2 unspecified atom stereocenters. The molecular formula is C19H21N4O14P3. The number of nitrogens with zero attached hydrogens (tertiary/aromatic N) is 3. The van der Waals surface area contributed by atoms with Crippen LogP contribution in [0.2, 0.25) is 0 Å². The van der Waals surface area contributed by atoms with Gasteiger partial charge in [-0.05, 0) is 18.4 Å². The third kappa shape index (κ3) is 5.68. The first-order valence-electron chi connectivity index (χ1n) is 11.1. The van der Waals surface area contributed by atoms with Gasteiger partial charge in [-0.2, -0.15) is 13.7 Å². The van der Waals surface area contributed by atoms with Crippen molar-refractivity contribution in [2.24, 2.45) is 0 Å². The fourth-order valence-corrected chi connectivity index (χ4v) is 7.44. The molecule has 21 heteroatoms. The average Bonchev–Trinajstić information content (AvgIpc) is 3.27. The van der Waals surface area contributed by atoms with Crippen LogP contribution >= 0.6 is 23.5 Å². The molecule has 4 aromatic rings. The first kappa shape index (κ1) is 29.1. The van der Waals surface area contributed by atoms with Crippen molar-refractivity contribution in [3.8, 4) is 0 Å². The van der Waals surface area contributed by atoms with Crippen molar-refractivity contribution in [1.29, 1.82) is 0 Å². The van der Waals surface area contributed by atoms with Gasteiger partial charge in [0.25, 0.3) is 0 Å². The Kier molecular flexibility index (Phi) is 7.17. The molecule has 1 saturated heterocycles. The molecule has 0 amide bonds. The summed E-state index contributed by atoms with van der Waals surface area (Å²) >= 11 is 0. The molecule has 40 heavy (non-hydrogen) atoms. The van der Waals surface area contributed by atoms with E-state index in [9.17, 15) is 38.5 Å². The van der Waals surface area contributed by atoms with Gasteiger partial charge >= 0.3 is 23.5 Å². The van der Waals surface area contributed by atoms with Crippen molar-refractivity contribution < 1.29 is 61.4 Å². The normalized spacial score (nSPS) is 26.8. The van der Waals surface area contributed by atoms with E-state index in [2.05, 4.69) is 28.2 Å². The quantitative estimate of drug-likeness (QED) is 0.134. The summed E-state index contributed by atoms with van der Waals surface area (Å²) in [5.41, 5.74) is -1.76. The number of aliphatic hydroxyl groups excluding tert-OH is 1. The molecule has 18 nitrogen and oxygen atoms in total. The number of aromatic amines is 1. The molecule has 6 atom stereocenters. The lowest BCUT2D eigenvalue weighted by Gasteiger charge is -2.27. The van der Waals surface area contributed by atoms with Crippen molar-refractivity contribution >= 4 is 56.2 Å². The predicted molar refractivity (Wildman–Crippen MR) is 134 cm³/mol. The smallest absolute Gasteiger partial charge is 0.387 e. The molecule has 0 spiro atoms. The number of ether oxygens (including phenoxy) is 1. The van der Waals surface area contributed by atoms with Crippen molar-refractivity contribution in [2.75, 3.05) is 6.61 Å². The van der Waals surface area contributed by atoms with Gasteiger partial charge in [-0.1, -0.05) is 12.1 Å². The van der Waals surface area contributed by atoms with Gasteiger partial charge in [-0.3, -0.25) is 9.32 Å². The minimum atomic E-state index is -5.75. The number of fused-ring (bicyclic) bond motifs is 2. The Morgan fingerprint density at radius 1 is 1.07 bits per heavy atom. The second-order valence-electron chi connectivity index (χ2n) is 9.00. The predicted octanol–water partition coefficient (Wildman–Crippen LogP) is 0.779. The van der Waals surface area contributed by atoms with Gasteiger partial charge in [0.05, 0.1) is 12.8 Å². The minimum Gasteiger partial charge on any atom is -0.387 e. The van der Waals surface area contributed by atoms with Gasteiger partial charge in [0, 0.05) is 28.4 Å². The summed E-state index contributed by atoms with van der Waals surface area (Å²) < 4.78 is 53.1. The van der Waals surface area contributed by atoms with Gasteiger partial charge in [-0.15, -0.1) is 0 Å². The summed E-state index contributed by atoms with van der Waals surface area (Å²) in [6.45, 7) is 0.215. The Morgan fingerprint density at radius 3 is 2.48 bits per heavy atom. The van der Waals surface area contributed by atoms with Gasteiger partial charge in [-0.25, -0.2) is 23.4 Å². The summed E-state index contributed by atoms with van der Waals surface area (Å²) in [5, 5.41) is 28.9. The number of H-pyrrole nitrogens is 1. The van der Waals surface area contributed by atoms with E-state index in [4.69, 9.17) is 14.5 Å². The van der Waals surface area contributed by atoms with Crippen LogP contribution in [0, 0.1) is 0 Å². The molecule has 1 aliphatic rings. The standard InChI is InChI=1S/C19H21N4O14P3/c1-19(26)16(25)13(8-34-39(30,31)37-40(32,33)36-38(27,28)29)35-18(19)23-7-9-2-3-10-11-4-5-14(24)21-17(11)20-6-12(22-23)15(9)10/h2-7,13,16,18,25-26H,8H2,1H3,(H,21,24)(H,30,31)(H,32,33)(H2,27,28,29)/t13-,16-,18-,19-/m1/s1. The molecule has 1 aromatic carbocycles. The molecule has 5 rings (SSSR count). The van der Waals surface area contributed by atoms with Gasteiger partial charge in [0.2, 0.25) is 5.56 Å². The number of aliphatic hydroxyl groups is 2. The van der Waals surface area contributed by atoms with Crippen LogP contribution in [0.3, 0.4) is 0 Å². The number of rotatable bonds is 8. The van der Waals surface area contributed by atoms with E-state index in [0.29, 0.717) is 27.3 Å². The molecule has 0 radical (unpaired) electrons. The number of phosphoric ester groups is 1. The van der Waals surface area contributed by atoms with Gasteiger partial charge in [0.15, 0.2) is 6.23 Å². The summed E-state index contributed by atoms with van der Waals surface area (Å²) in [6.07, 6.45) is -1.75. The van der Waals surface area contributed by atoms with Gasteiger partial charge < -0.3 is 39.5 Å². The maximum atomic E-state index is 12.1. The number of phosphoric acid groups is 3.